The zero-order valence-corrected chi connectivity index (χ0v) is 9.65. The van der Waals surface area contributed by atoms with Crippen LogP contribution >= 0.6 is 0 Å². The van der Waals surface area contributed by atoms with Gasteiger partial charge < -0.3 is 10.3 Å². The Hall–Kier alpha value is -2.30. The summed E-state index contributed by atoms with van der Waals surface area (Å²) in [6.07, 6.45) is 0. The Morgan fingerprint density at radius 3 is 2.71 bits per heavy atom. The number of nitrogens with two attached hydrogens (primary N) is 1. The molecule has 2 rings (SSSR count). The Kier molecular flexibility index (Phi) is 2.82. The second-order valence-corrected chi connectivity index (χ2v) is 3.86. The molecule has 0 saturated carbocycles. The summed E-state index contributed by atoms with van der Waals surface area (Å²) < 4.78 is 4.90. The Labute approximate surface area is 98.6 Å². The lowest BCUT2D eigenvalue weighted by atomic mass is 10.1. The molecule has 5 nitrogen and oxygen atoms in total. The minimum Gasteiger partial charge on any atom is -0.399 e. The summed E-state index contributed by atoms with van der Waals surface area (Å²) in [6.45, 7) is 3.64. The van der Waals surface area contributed by atoms with Gasteiger partial charge in [0.1, 0.15) is 0 Å². The van der Waals surface area contributed by atoms with Crippen LogP contribution in [-0.4, -0.2) is 11.1 Å². The lowest BCUT2D eigenvalue weighted by Gasteiger charge is -2.04. The van der Waals surface area contributed by atoms with Crippen molar-refractivity contribution in [2.24, 2.45) is 0 Å². The molecule has 0 fully saturated rings. The number of nitrogens with one attached hydrogen (secondary N) is 1. The predicted molar refractivity (Wildman–Crippen MR) is 64.8 cm³/mol. The van der Waals surface area contributed by atoms with Crippen molar-refractivity contribution < 1.29 is 9.32 Å². The van der Waals surface area contributed by atoms with Gasteiger partial charge in [0.05, 0.1) is 5.69 Å². The van der Waals surface area contributed by atoms with Crippen LogP contribution in [0.3, 0.4) is 0 Å². The van der Waals surface area contributed by atoms with Crippen LogP contribution in [0.1, 0.15) is 21.6 Å². The third-order valence-corrected chi connectivity index (χ3v) is 2.40. The van der Waals surface area contributed by atoms with Gasteiger partial charge >= 0.3 is 0 Å². The Morgan fingerprint density at radius 2 is 2.12 bits per heavy atom. The van der Waals surface area contributed by atoms with E-state index >= 15 is 0 Å². The monoisotopic (exact) mass is 231 g/mol. The third-order valence-electron chi connectivity index (χ3n) is 2.40. The Balaban J connectivity index is 2.17. The number of hydrogen-bond donors (Lipinski definition) is 2. The number of aryl methyl sites for hydroxylation is 2. The van der Waals surface area contributed by atoms with Crippen LogP contribution in [0.4, 0.5) is 11.6 Å². The second-order valence-electron chi connectivity index (χ2n) is 3.86. The summed E-state index contributed by atoms with van der Waals surface area (Å²) in [5, 5.41) is 6.30. The average molecular weight is 231 g/mol. The molecule has 0 atom stereocenters. The van der Waals surface area contributed by atoms with Crippen LogP contribution in [0.15, 0.2) is 28.8 Å². The zero-order valence-electron chi connectivity index (χ0n) is 9.65. The molecule has 0 aliphatic carbocycles. The highest BCUT2D eigenvalue weighted by molar-refractivity contribution is 6.03. The molecule has 0 bridgehead atoms. The quantitative estimate of drug-likeness (QED) is 0.776. The van der Waals surface area contributed by atoms with Gasteiger partial charge in [-0.15, -0.1) is 0 Å². The standard InChI is InChI=1S/C12H13N3O2/c1-7-5-9(3-4-10(7)13)12(16)14-11-6-8(2)15-17-11/h3-6H,13H2,1-2H3,(H,14,16). The summed E-state index contributed by atoms with van der Waals surface area (Å²) in [6, 6.07) is 6.76. The van der Waals surface area contributed by atoms with Crippen LogP contribution in [-0.2, 0) is 0 Å². The first-order valence-corrected chi connectivity index (χ1v) is 5.17. The zero-order chi connectivity index (χ0) is 12.4. The van der Waals surface area contributed by atoms with Crippen LogP contribution in [0.5, 0.6) is 0 Å². The van der Waals surface area contributed by atoms with Crippen molar-refractivity contribution >= 4 is 17.5 Å². The minimum absolute atomic E-state index is 0.246. The molecule has 88 valence electrons. The molecule has 0 spiro atoms. The number of nitrogen functional groups attached to an aromatic ring is 1. The van der Waals surface area contributed by atoms with Gasteiger partial charge in [0, 0.05) is 17.3 Å². The van der Waals surface area contributed by atoms with Gasteiger partial charge in [0.15, 0.2) is 0 Å². The number of nitrogens with zero attached hydrogens (tertiary/aromatic N) is 1. The largest absolute Gasteiger partial charge is 0.399 e. The third kappa shape index (κ3) is 2.44. The van der Waals surface area contributed by atoms with Crippen molar-refractivity contribution in [3.8, 4) is 0 Å². The van der Waals surface area contributed by atoms with E-state index in [2.05, 4.69) is 10.5 Å². The van der Waals surface area contributed by atoms with Crippen LogP contribution in [0, 0.1) is 13.8 Å². The van der Waals surface area contributed by atoms with E-state index in [0.717, 1.165) is 5.56 Å². The summed E-state index contributed by atoms with van der Waals surface area (Å²) in [5.41, 5.74) is 8.47. The molecule has 0 aliphatic rings. The SMILES string of the molecule is Cc1cc(NC(=O)c2ccc(N)c(C)c2)on1. The van der Waals surface area contributed by atoms with Gasteiger partial charge in [-0.3, -0.25) is 10.1 Å². The molecule has 0 saturated heterocycles. The number of benzene rings is 1. The maximum atomic E-state index is 11.8. The lowest BCUT2D eigenvalue weighted by molar-refractivity contribution is 0.102. The molecule has 3 N–H and O–H groups in total. The highest BCUT2D eigenvalue weighted by Crippen LogP contribution is 2.15. The van der Waals surface area contributed by atoms with Gasteiger partial charge in [0.2, 0.25) is 5.88 Å². The molecular formula is C12H13N3O2. The number of aromatic nitrogens is 1. The van der Waals surface area contributed by atoms with Gasteiger partial charge in [-0.05, 0) is 37.6 Å². The number of carbonyl (C=O) groups excluding carboxylic acids is 1. The normalized spacial score (nSPS) is 10.2. The van der Waals surface area contributed by atoms with Crippen LogP contribution in [0.2, 0.25) is 0 Å². The first kappa shape index (κ1) is 11.2. The van der Waals surface area contributed by atoms with E-state index in [0.29, 0.717) is 22.8 Å². The molecule has 17 heavy (non-hydrogen) atoms. The molecule has 1 aromatic carbocycles. The van der Waals surface area contributed by atoms with Gasteiger partial charge in [-0.1, -0.05) is 5.16 Å². The molecule has 0 aliphatic heterocycles. The second kappa shape index (κ2) is 4.29. The number of hydrogen-bond acceptors (Lipinski definition) is 4. The van der Waals surface area contributed by atoms with Crippen LogP contribution < -0.4 is 11.1 Å². The lowest BCUT2D eigenvalue weighted by Crippen LogP contribution is -2.11. The highest BCUT2D eigenvalue weighted by atomic mass is 16.5. The van der Waals surface area contributed by atoms with Crippen molar-refractivity contribution in [1.29, 1.82) is 0 Å². The number of anilines is 2. The van der Waals surface area contributed by atoms with Crippen molar-refractivity contribution in [2.45, 2.75) is 13.8 Å². The summed E-state index contributed by atoms with van der Waals surface area (Å²) in [4.78, 5) is 11.8. The smallest absolute Gasteiger partial charge is 0.258 e. The summed E-state index contributed by atoms with van der Waals surface area (Å²) in [7, 11) is 0. The fourth-order valence-electron chi connectivity index (χ4n) is 1.42. The number of carbonyl (C=O) groups is 1. The van der Waals surface area contributed by atoms with Crippen molar-refractivity contribution in [3.63, 3.8) is 0 Å². The van der Waals surface area contributed by atoms with E-state index in [1.165, 1.54) is 0 Å². The predicted octanol–water partition coefficient (Wildman–Crippen LogP) is 2.13. The van der Waals surface area contributed by atoms with Crippen molar-refractivity contribution in [1.82, 2.24) is 5.16 Å². The summed E-state index contributed by atoms with van der Waals surface area (Å²) >= 11 is 0. The van der Waals surface area contributed by atoms with Gasteiger partial charge in [-0.2, -0.15) is 0 Å². The number of amides is 1. The molecule has 0 radical (unpaired) electrons. The van der Waals surface area contributed by atoms with Crippen molar-refractivity contribution in [2.75, 3.05) is 11.1 Å². The van der Waals surface area contributed by atoms with E-state index in [4.69, 9.17) is 10.3 Å². The number of rotatable bonds is 2. The van der Waals surface area contributed by atoms with E-state index < -0.39 is 0 Å². The first-order valence-electron chi connectivity index (χ1n) is 5.17. The van der Waals surface area contributed by atoms with Gasteiger partial charge in [0.25, 0.3) is 5.91 Å². The van der Waals surface area contributed by atoms with E-state index in [9.17, 15) is 4.79 Å². The fraction of sp³-hybridized carbons (Fsp3) is 0.167. The first-order chi connectivity index (χ1) is 8.06. The minimum atomic E-state index is -0.246. The topological polar surface area (TPSA) is 81.2 Å². The Bertz CT molecular complexity index is 561. The molecule has 0 unspecified atom stereocenters. The maximum absolute atomic E-state index is 11.8. The summed E-state index contributed by atoms with van der Waals surface area (Å²) in [5.74, 6) is 0.0891. The molecule has 1 heterocycles. The average Bonchev–Trinajstić information content (AvgIpc) is 2.68. The maximum Gasteiger partial charge on any atom is 0.258 e. The fourth-order valence-corrected chi connectivity index (χ4v) is 1.42. The van der Waals surface area contributed by atoms with E-state index in [1.54, 1.807) is 31.2 Å². The van der Waals surface area contributed by atoms with Crippen LogP contribution in [0.25, 0.3) is 0 Å². The molecule has 2 aromatic rings. The van der Waals surface area contributed by atoms with E-state index in [-0.39, 0.29) is 5.91 Å². The molecular weight excluding hydrogens is 218 g/mol. The Morgan fingerprint density at radius 1 is 1.35 bits per heavy atom. The van der Waals surface area contributed by atoms with Crippen molar-refractivity contribution in [3.05, 3.63) is 41.1 Å². The van der Waals surface area contributed by atoms with E-state index in [1.807, 2.05) is 6.92 Å². The molecule has 5 heteroatoms. The molecule has 1 amide bonds. The highest BCUT2D eigenvalue weighted by Gasteiger charge is 2.09. The molecule has 1 aromatic heterocycles. The van der Waals surface area contributed by atoms with Gasteiger partial charge in [-0.25, -0.2) is 0 Å².